The molecule has 0 N–H and O–H groups in total. The second kappa shape index (κ2) is 7.66. The highest BCUT2D eigenvalue weighted by atomic mass is 35.5. The molecule has 3 aromatic carbocycles. The molecule has 5 rings (SSSR count). The molecule has 1 aliphatic carbocycles. The van der Waals surface area contributed by atoms with E-state index in [1.54, 1.807) is 0 Å². The molecule has 2 aliphatic rings. The highest BCUT2D eigenvalue weighted by Gasteiger charge is 2.33. The maximum atomic E-state index is 6.33. The molecule has 0 aromatic heterocycles. The Hall–Kier alpha value is -2.62. The zero-order valence-electron chi connectivity index (χ0n) is 16.6. The Morgan fingerprint density at radius 2 is 1.34 bits per heavy atom. The van der Waals surface area contributed by atoms with Crippen LogP contribution in [0.5, 0.6) is 0 Å². The van der Waals surface area contributed by atoms with Crippen molar-refractivity contribution in [3.63, 3.8) is 0 Å². The Kier molecular flexibility index (Phi) is 4.86. The molecule has 0 atom stereocenters. The molecule has 1 saturated heterocycles. The van der Waals surface area contributed by atoms with Gasteiger partial charge in [0, 0.05) is 36.8 Å². The quantitative estimate of drug-likeness (QED) is 0.543. The lowest BCUT2D eigenvalue weighted by molar-refractivity contribution is 0.114. The van der Waals surface area contributed by atoms with E-state index in [9.17, 15) is 0 Å². The molecule has 3 nitrogen and oxygen atoms in total. The number of halogens is 1. The summed E-state index contributed by atoms with van der Waals surface area (Å²) in [4.78, 5) is 2.60. The normalized spacial score (nSPS) is 17.3. The van der Waals surface area contributed by atoms with Crippen LogP contribution < -0.4 is 0 Å². The molecule has 0 amide bonds. The number of benzene rings is 3. The first kappa shape index (κ1) is 18.4. The van der Waals surface area contributed by atoms with Crippen LogP contribution in [0.3, 0.4) is 0 Å². The van der Waals surface area contributed by atoms with Gasteiger partial charge in [-0.1, -0.05) is 78.3 Å². The Labute approximate surface area is 177 Å². The molecule has 0 spiro atoms. The van der Waals surface area contributed by atoms with Crippen molar-refractivity contribution in [3.8, 4) is 11.1 Å². The first-order valence-electron chi connectivity index (χ1n) is 10.2. The standard InChI is InChI=1S/C25H24ClN3/c1-18(19-8-6-7-13-24(19)26)27-29-16-14-28(15-17-29)25-22-11-4-2-9-20(22)21-10-3-5-12-23(21)25/h2-13,25H,14-17H2,1H3. The van der Waals surface area contributed by atoms with E-state index in [1.165, 1.54) is 22.3 Å². The zero-order valence-corrected chi connectivity index (χ0v) is 17.3. The zero-order chi connectivity index (χ0) is 19.8. The molecule has 4 heteroatoms. The van der Waals surface area contributed by atoms with Crippen molar-refractivity contribution >= 4 is 17.3 Å². The summed E-state index contributed by atoms with van der Waals surface area (Å²) in [6.45, 7) is 5.86. The van der Waals surface area contributed by atoms with E-state index in [0.717, 1.165) is 42.5 Å². The summed E-state index contributed by atoms with van der Waals surface area (Å²) in [6, 6.07) is 25.9. The van der Waals surface area contributed by atoms with E-state index < -0.39 is 0 Å². The summed E-state index contributed by atoms with van der Waals surface area (Å²) in [5.74, 6) is 0. The summed E-state index contributed by atoms with van der Waals surface area (Å²) >= 11 is 6.33. The van der Waals surface area contributed by atoms with Gasteiger partial charge in [-0.15, -0.1) is 0 Å². The van der Waals surface area contributed by atoms with Gasteiger partial charge in [0.05, 0.1) is 11.8 Å². The first-order valence-corrected chi connectivity index (χ1v) is 10.6. The van der Waals surface area contributed by atoms with Crippen molar-refractivity contribution in [2.24, 2.45) is 5.10 Å². The lowest BCUT2D eigenvalue weighted by Crippen LogP contribution is -2.45. The predicted octanol–water partition coefficient (Wildman–Crippen LogP) is 5.45. The Bertz CT molecular complexity index is 1020. The van der Waals surface area contributed by atoms with Crippen LogP contribution in [0.25, 0.3) is 11.1 Å². The third-order valence-electron chi connectivity index (χ3n) is 6.01. The van der Waals surface area contributed by atoms with Gasteiger partial charge in [0.15, 0.2) is 0 Å². The molecular weight excluding hydrogens is 378 g/mol. The van der Waals surface area contributed by atoms with Crippen molar-refractivity contribution in [1.29, 1.82) is 0 Å². The third kappa shape index (κ3) is 3.35. The highest BCUT2D eigenvalue weighted by Crippen LogP contribution is 2.46. The Balaban J connectivity index is 1.35. The molecule has 0 radical (unpaired) electrons. The number of rotatable bonds is 3. The largest absolute Gasteiger partial charge is 0.294 e. The molecule has 146 valence electrons. The minimum atomic E-state index is 0.346. The van der Waals surface area contributed by atoms with E-state index in [-0.39, 0.29) is 0 Å². The fraction of sp³-hybridized carbons (Fsp3) is 0.240. The van der Waals surface area contributed by atoms with Crippen LogP contribution in [0.15, 0.2) is 77.9 Å². The number of nitrogens with zero attached hydrogens (tertiary/aromatic N) is 3. The lowest BCUT2D eigenvalue weighted by atomic mass is 10.0. The van der Waals surface area contributed by atoms with Crippen LogP contribution in [0, 0.1) is 0 Å². The van der Waals surface area contributed by atoms with Gasteiger partial charge in [0.25, 0.3) is 0 Å². The third-order valence-corrected chi connectivity index (χ3v) is 6.34. The molecule has 0 saturated carbocycles. The predicted molar refractivity (Wildman–Crippen MR) is 121 cm³/mol. The maximum Gasteiger partial charge on any atom is 0.0661 e. The number of hydrazone groups is 1. The van der Waals surface area contributed by atoms with Gasteiger partial charge in [-0.25, -0.2) is 0 Å². The Morgan fingerprint density at radius 3 is 1.97 bits per heavy atom. The number of piperazine rings is 1. The van der Waals surface area contributed by atoms with Gasteiger partial charge in [-0.2, -0.15) is 5.10 Å². The number of fused-ring (bicyclic) bond motifs is 3. The molecule has 1 heterocycles. The van der Waals surface area contributed by atoms with Crippen molar-refractivity contribution < 1.29 is 0 Å². The SMILES string of the molecule is CC(=NN1CCN(C2c3ccccc3-c3ccccc32)CC1)c1ccccc1Cl. The molecule has 1 fully saturated rings. The fourth-order valence-electron chi connectivity index (χ4n) is 4.61. The smallest absolute Gasteiger partial charge is 0.0661 e. The molecule has 3 aromatic rings. The van der Waals surface area contributed by atoms with Gasteiger partial charge >= 0.3 is 0 Å². The van der Waals surface area contributed by atoms with Gasteiger partial charge in [-0.05, 0) is 35.2 Å². The molecule has 29 heavy (non-hydrogen) atoms. The number of hydrogen-bond acceptors (Lipinski definition) is 3. The minimum absolute atomic E-state index is 0.346. The second-order valence-electron chi connectivity index (χ2n) is 7.73. The van der Waals surface area contributed by atoms with Gasteiger partial charge in [0.1, 0.15) is 0 Å². The lowest BCUT2D eigenvalue weighted by Gasteiger charge is -2.37. The average Bonchev–Trinajstić information content (AvgIpc) is 3.09. The van der Waals surface area contributed by atoms with Crippen LogP contribution in [0.2, 0.25) is 5.02 Å². The van der Waals surface area contributed by atoms with E-state index in [1.807, 2.05) is 31.2 Å². The van der Waals surface area contributed by atoms with E-state index in [4.69, 9.17) is 16.7 Å². The Morgan fingerprint density at radius 1 is 0.793 bits per heavy atom. The number of hydrogen-bond donors (Lipinski definition) is 0. The summed E-state index contributed by atoms with van der Waals surface area (Å²) in [7, 11) is 0. The molecule has 0 bridgehead atoms. The summed E-state index contributed by atoms with van der Waals surface area (Å²) in [6.07, 6.45) is 0. The van der Waals surface area contributed by atoms with Crippen molar-refractivity contribution in [2.75, 3.05) is 26.2 Å². The topological polar surface area (TPSA) is 18.8 Å². The van der Waals surface area contributed by atoms with E-state index in [2.05, 4.69) is 58.4 Å². The van der Waals surface area contributed by atoms with Crippen LogP contribution in [0.4, 0.5) is 0 Å². The van der Waals surface area contributed by atoms with Crippen molar-refractivity contribution in [2.45, 2.75) is 13.0 Å². The van der Waals surface area contributed by atoms with E-state index >= 15 is 0 Å². The molecule has 0 unspecified atom stereocenters. The average molecular weight is 402 g/mol. The van der Waals surface area contributed by atoms with Crippen LogP contribution in [-0.4, -0.2) is 41.8 Å². The monoisotopic (exact) mass is 401 g/mol. The van der Waals surface area contributed by atoms with Gasteiger partial charge < -0.3 is 0 Å². The first-order chi connectivity index (χ1) is 14.2. The minimum Gasteiger partial charge on any atom is -0.294 e. The van der Waals surface area contributed by atoms with Crippen LogP contribution in [-0.2, 0) is 0 Å². The summed E-state index contributed by atoms with van der Waals surface area (Å²) in [5, 5.41) is 7.79. The van der Waals surface area contributed by atoms with Gasteiger partial charge in [0.2, 0.25) is 0 Å². The van der Waals surface area contributed by atoms with Gasteiger partial charge in [-0.3, -0.25) is 9.91 Å². The van der Waals surface area contributed by atoms with Crippen molar-refractivity contribution in [3.05, 3.63) is 94.5 Å². The van der Waals surface area contributed by atoms with Crippen molar-refractivity contribution in [1.82, 2.24) is 9.91 Å². The second-order valence-corrected chi connectivity index (χ2v) is 8.14. The summed E-state index contributed by atoms with van der Waals surface area (Å²) < 4.78 is 0. The maximum absolute atomic E-state index is 6.33. The molecule has 1 aliphatic heterocycles. The van der Waals surface area contributed by atoms with Crippen LogP contribution in [0.1, 0.15) is 29.7 Å². The molecular formula is C25H24ClN3. The highest BCUT2D eigenvalue weighted by molar-refractivity contribution is 6.34. The van der Waals surface area contributed by atoms with Crippen LogP contribution >= 0.6 is 11.6 Å². The summed E-state index contributed by atoms with van der Waals surface area (Å²) in [5.41, 5.74) is 7.60. The fourth-order valence-corrected chi connectivity index (χ4v) is 4.89. The van der Waals surface area contributed by atoms with E-state index in [0.29, 0.717) is 6.04 Å².